The van der Waals surface area contributed by atoms with Crippen LogP contribution in [-0.4, -0.2) is 48.9 Å². The van der Waals surface area contributed by atoms with Gasteiger partial charge in [-0.05, 0) is 38.6 Å². The molecule has 0 saturated carbocycles. The van der Waals surface area contributed by atoms with E-state index in [1.165, 1.54) is 6.42 Å². The number of nitrogens with zero attached hydrogens (tertiary/aromatic N) is 1. The number of nitrogens with one attached hydrogen (secondary N) is 2. The maximum absolute atomic E-state index is 11.9. The Balaban J connectivity index is 0.00000180. The summed E-state index contributed by atoms with van der Waals surface area (Å²) in [6, 6.07) is -0.104. The molecule has 2 amide bonds. The summed E-state index contributed by atoms with van der Waals surface area (Å²) in [5.74, 6) is 0.0268. The predicted octanol–water partition coefficient (Wildman–Crippen LogP) is 0.679. The van der Waals surface area contributed by atoms with Gasteiger partial charge in [-0.25, -0.2) is 0 Å². The fraction of sp³-hybridized carbons (Fsp3) is 0.846. The first kappa shape index (κ1) is 16.2. The molecule has 2 saturated heterocycles. The fourth-order valence-corrected chi connectivity index (χ4v) is 2.62. The molecule has 0 aromatic heterocycles. The van der Waals surface area contributed by atoms with Crippen LogP contribution in [0.25, 0.3) is 0 Å². The number of piperidine rings is 2. The molecule has 0 bridgehead atoms. The van der Waals surface area contributed by atoms with E-state index in [-0.39, 0.29) is 36.8 Å². The summed E-state index contributed by atoms with van der Waals surface area (Å²) in [6.45, 7) is 2.74. The highest BCUT2D eigenvalue weighted by molar-refractivity contribution is 5.87. The van der Waals surface area contributed by atoms with Crippen molar-refractivity contribution in [1.82, 2.24) is 15.5 Å². The van der Waals surface area contributed by atoms with Crippen LogP contribution in [0.5, 0.6) is 0 Å². The van der Waals surface area contributed by atoms with Crippen LogP contribution in [0.1, 0.15) is 38.5 Å². The minimum atomic E-state index is -0.104. The van der Waals surface area contributed by atoms with Crippen molar-refractivity contribution in [3.8, 4) is 0 Å². The van der Waals surface area contributed by atoms with Crippen molar-refractivity contribution in [3.63, 3.8) is 0 Å². The highest BCUT2D eigenvalue weighted by atomic mass is 35.5. The minimum absolute atomic E-state index is 0. The van der Waals surface area contributed by atoms with Crippen LogP contribution < -0.4 is 10.6 Å². The Kier molecular flexibility index (Phi) is 7.16. The molecule has 1 atom stereocenters. The van der Waals surface area contributed by atoms with Gasteiger partial charge in [-0.2, -0.15) is 0 Å². The Morgan fingerprint density at radius 2 is 1.84 bits per heavy atom. The lowest BCUT2D eigenvalue weighted by molar-refractivity contribution is -0.134. The van der Waals surface area contributed by atoms with Crippen LogP contribution in [0.2, 0.25) is 0 Å². The van der Waals surface area contributed by atoms with Crippen molar-refractivity contribution in [2.24, 2.45) is 0 Å². The number of hydrogen-bond donors (Lipinski definition) is 2. The van der Waals surface area contributed by atoms with E-state index in [0.29, 0.717) is 0 Å². The second-order valence-electron chi connectivity index (χ2n) is 5.16. The summed E-state index contributed by atoms with van der Waals surface area (Å²) in [6.07, 6.45) is 6.49. The van der Waals surface area contributed by atoms with Crippen molar-refractivity contribution in [2.45, 2.75) is 44.6 Å². The number of carbonyl (C=O) groups excluding carboxylic acids is 2. The zero-order valence-electron chi connectivity index (χ0n) is 11.3. The van der Waals surface area contributed by atoms with E-state index in [1.807, 2.05) is 4.90 Å². The molecule has 2 heterocycles. The van der Waals surface area contributed by atoms with Crippen LogP contribution in [0, 0.1) is 0 Å². The van der Waals surface area contributed by atoms with E-state index >= 15 is 0 Å². The molecule has 6 heteroatoms. The first-order chi connectivity index (χ1) is 8.77. The van der Waals surface area contributed by atoms with Crippen LogP contribution >= 0.6 is 12.4 Å². The molecule has 0 aliphatic carbocycles. The molecule has 5 nitrogen and oxygen atoms in total. The van der Waals surface area contributed by atoms with Crippen molar-refractivity contribution >= 4 is 24.2 Å². The number of likely N-dealkylation sites (tertiary alicyclic amines) is 1. The molecular weight excluding hydrogens is 266 g/mol. The lowest BCUT2D eigenvalue weighted by Crippen LogP contribution is -2.50. The van der Waals surface area contributed by atoms with Crippen molar-refractivity contribution in [2.75, 3.05) is 26.2 Å². The Hall–Kier alpha value is -0.810. The maximum Gasteiger partial charge on any atom is 0.241 e. The van der Waals surface area contributed by atoms with Gasteiger partial charge in [-0.3, -0.25) is 9.59 Å². The third kappa shape index (κ3) is 4.99. The van der Waals surface area contributed by atoms with E-state index in [4.69, 9.17) is 0 Å². The lowest BCUT2D eigenvalue weighted by atomic mass is 10.0. The first-order valence-corrected chi connectivity index (χ1v) is 7.06. The summed E-state index contributed by atoms with van der Waals surface area (Å²) in [5, 5.41) is 5.94. The van der Waals surface area contributed by atoms with Gasteiger partial charge >= 0.3 is 0 Å². The molecule has 1 unspecified atom stereocenters. The van der Waals surface area contributed by atoms with E-state index in [1.54, 1.807) is 0 Å². The SMILES string of the molecule is Cl.O=C(NCC(=O)N1CCCCC1)C1CCCCN1. The van der Waals surface area contributed by atoms with Crippen molar-refractivity contribution in [1.29, 1.82) is 0 Å². The second-order valence-corrected chi connectivity index (χ2v) is 5.16. The number of amides is 2. The largest absolute Gasteiger partial charge is 0.346 e. The Morgan fingerprint density at radius 1 is 1.11 bits per heavy atom. The molecule has 110 valence electrons. The summed E-state index contributed by atoms with van der Waals surface area (Å²) in [5.41, 5.74) is 0. The van der Waals surface area contributed by atoms with Gasteiger partial charge in [-0.1, -0.05) is 6.42 Å². The van der Waals surface area contributed by atoms with E-state index in [0.717, 1.165) is 51.7 Å². The average Bonchev–Trinajstić information content (AvgIpc) is 2.46. The standard InChI is InChI=1S/C13H23N3O2.ClH/c17-12(16-8-4-1-5-9-16)10-15-13(18)11-6-2-3-7-14-11;/h11,14H,1-10H2,(H,15,18);1H. The quantitative estimate of drug-likeness (QED) is 0.803. The molecule has 2 fully saturated rings. The Morgan fingerprint density at radius 3 is 2.47 bits per heavy atom. The second kappa shape index (κ2) is 8.38. The number of rotatable bonds is 3. The van der Waals surface area contributed by atoms with E-state index in [2.05, 4.69) is 10.6 Å². The Labute approximate surface area is 120 Å². The molecule has 19 heavy (non-hydrogen) atoms. The lowest BCUT2D eigenvalue weighted by Gasteiger charge is -2.27. The van der Waals surface area contributed by atoms with Gasteiger partial charge in [0.2, 0.25) is 11.8 Å². The van der Waals surface area contributed by atoms with Gasteiger partial charge in [0.15, 0.2) is 0 Å². The molecule has 0 spiro atoms. The van der Waals surface area contributed by atoms with Gasteiger partial charge < -0.3 is 15.5 Å². The van der Waals surface area contributed by atoms with Gasteiger partial charge in [0.05, 0.1) is 12.6 Å². The topological polar surface area (TPSA) is 61.4 Å². The summed E-state index contributed by atoms with van der Waals surface area (Å²) in [7, 11) is 0. The first-order valence-electron chi connectivity index (χ1n) is 7.06. The van der Waals surface area contributed by atoms with Crippen LogP contribution in [0.15, 0.2) is 0 Å². The van der Waals surface area contributed by atoms with Crippen LogP contribution in [0.3, 0.4) is 0 Å². The third-order valence-corrected chi connectivity index (χ3v) is 3.75. The smallest absolute Gasteiger partial charge is 0.241 e. The summed E-state index contributed by atoms with van der Waals surface area (Å²) >= 11 is 0. The molecule has 0 radical (unpaired) electrons. The maximum atomic E-state index is 11.9. The van der Waals surface area contributed by atoms with Gasteiger partial charge in [0.1, 0.15) is 0 Å². The van der Waals surface area contributed by atoms with Gasteiger partial charge in [-0.15, -0.1) is 12.4 Å². The van der Waals surface area contributed by atoms with Gasteiger partial charge in [0, 0.05) is 13.1 Å². The Bertz CT molecular complexity index is 270. The van der Waals surface area contributed by atoms with E-state index < -0.39 is 0 Å². The fourth-order valence-electron chi connectivity index (χ4n) is 2.62. The normalized spacial score (nSPS) is 23.4. The number of hydrogen-bond acceptors (Lipinski definition) is 3. The number of carbonyl (C=O) groups is 2. The predicted molar refractivity (Wildman–Crippen MR) is 76.3 cm³/mol. The molecule has 2 aliphatic heterocycles. The van der Waals surface area contributed by atoms with Crippen molar-refractivity contribution in [3.05, 3.63) is 0 Å². The highest BCUT2D eigenvalue weighted by Crippen LogP contribution is 2.09. The third-order valence-electron chi connectivity index (χ3n) is 3.75. The molecule has 2 N–H and O–H groups in total. The zero-order chi connectivity index (χ0) is 12.8. The zero-order valence-corrected chi connectivity index (χ0v) is 12.1. The van der Waals surface area contributed by atoms with Gasteiger partial charge in [0.25, 0.3) is 0 Å². The van der Waals surface area contributed by atoms with Crippen molar-refractivity contribution < 1.29 is 9.59 Å². The summed E-state index contributed by atoms with van der Waals surface area (Å²) < 4.78 is 0. The minimum Gasteiger partial charge on any atom is -0.346 e. The molecule has 2 rings (SSSR count). The van der Waals surface area contributed by atoms with Crippen LogP contribution in [-0.2, 0) is 9.59 Å². The monoisotopic (exact) mass is 289 g/mol. The average molecular weight is 290 g/mol. The highest BCUT2D eigenvalue weighted by Gasteiger charge is 2.22. The van der Waals surface area contributed by atoms with E-state index in [9.17, 15) is 9.59 Å². The number of halogens is 1. The molecule has 0 aromatic rings. The van der Waals surface area contributed by atoms with Crippen LogP contribution in [0.4, 0.5) is 0 Å². The molecule has 0 aromatic carbocycles. The molecule has 2 aliphatic rings. The molecular formula is C13H24ClN3O2. The summed E-state index contributed by atoms with van der Waals surface area (Å²) in [4.78, 5) is 25.6.